The first kappa shape index (κ1) is 26.7. The summed E-state index contributed by atoms with van der Waals surface area (Å²) in [5.41, 5.74) is 0.395. The summed E-state index contributed by atoms with van der Waals surface area (Å²) < 4.78 is 61.9. The summed E-state index contributed by atoms with van der Waals surface area (Å²) in [6.45, 7) is 3.09. The number of hydrogen-bond acceptors (Lipinski definition) is 6. The first-order valence-corrected chi connectivity index (χ1v) is 13.8. The van der Waals surface area contributed by atoms with Crippen molar-refractivity contribution in [1.29, 1.82) is 0 Å². The minimum absolute atomic E-state index is 0.121. The first-order chi connectivity index (χ1) is 19.3. The van der Waals surface area contributed by atoms with Gasteiger partial charge in [-0.1, -0.05) is 0 Å². The second-order valence-electron chi connectivity index (χ2n) is 9.76. The summed E-state index contributed by atoms with van der Waals surface area (Å²) in [6, 6.07) is 6.64. The van der Waals surface area contributed by atoms with Crippen LogP contribution >= 0.6 is 22.9 Å². The van der Waals surface area contributed by atoms with Gasteiger partial charge in [0.25, 0.3) is 5.91 Å². The number of aromatic nitrogens is 3. The molecule has 0 saturated carbocycles. The van der Waals surface area contributed by atoms with E-state index in [1.807, 2.05) is 4.90 Å². The van der Waals surface area contributed by atoms with Gasteiger partial charge in [0.2, 0.25) is 0 Å². The number of amides is 1. The van der Waals surface area contributed by atoms with Crippen LogP contribution < -0.4 is 15.1 Å². The molecule has 1 amide bonds. The number of nitrogens with one attached hydrogen (secondary N) is 1. The molecule has 2 aliphatic rings. The molecule has 8 nitrogen and oxygen atoms in total. The number of fused-ring (bicyclic) bond motifs is 1. The van der Waals surface area contributed by atoms with Crippen LogP contribution in [-0.2, 0) is 0 Å². The summed E-state index contributed by atoms with van der Waals surface area (Å²) in [7, 11) is 0. The van der Waals surface area contributed by atoms with Gasteiger partial charge in [0.15, 0.2) is 5.65 Å². The fourth-order valence-electron chi connectivity index (χ4n) is 5.31. The topological polar surface area (TPSA) is 69.0 Å². The van der Waals surface area contributed by atoms with Crippen LogP contribution in [0.15, 0.2) is 48.8 Å². The van der Waals surface area contributed by atoms with E-state index in [0.717, 1.165) is 30.7 Å². The van der Waals surface area contributed by atoms with Gasteiger partial charge in [-0.2, -0.15) is 5.10 Å². The molecule has 4 aromatic rings. The molecule has 2 aromatic carbocycles. The quantitative estimate of drug-likeness (QED) is 0.176. The van der Waals surface area contributed by atoms with Gasteiger partial charge in [-0.3, -0.25) is 4.79 Å². The highest BCUT2D eigenvalue weighted by molar-refractivity contribution is 14.1. The smallest absolute Gasteiger partial charge is 0.258 e. The second-order valence-corrected chi connectivity index (χ2v) is 11.1. The molecule has 2 saturated heterocycles. The predicted molar refractivity (Wildman–Crippen MR) is 151 cm³/mol. The molecule has 0 bridgehead atoms. The van der Waals surface area contributed by atoms with E-state index in [-0.39, 0.29) is 22.6 Å². The van der Waals surface area contributed by atoms with Crippen molar-refractivity contribution in [3.63, 3.8) is 0 Å². The Hall–Kier alpha value is -3.46. The van der Waals surface area contributed by atoms with Crippen molar-refractivity contribution < 1.29 is 22.4 Å². The van der Waals surface area contributed by atoms with Crippen LogP contribution in [0, 0.1) is 23.3 Å². The average Bonchev–Trinajstić information content (AvgIpc) is 3.59. The number of hydrogen-bond donors (Lipinski definition) is 1. The second kappa shape index (κ2) is 10.8. The lowest BCUT2D eigenvalue weighted by Crippen LogP contribution is -2.42. The maximum absolute atomic E-state index is 15.0. The molecule has 0 radical (unpaired) electrons. The Balaban J connectivity index is 1.25. The number of piperazine rings is 1. The van der Waals surface area contributed by atoms with Gasteiger partial charge >= 0.3 is 0 Å². The summed E-state index contributed by atoms with van der Waals surface area (Å²) in [5, 5.41) is 6.78. The zero-order valence-corrected chi connectivity index (χ0v) is 23.3. The predicted octanol–water partition coefficient (Wildman–Crippen LogP) is 5.35. The van der Waals surface area contributed by atoms with Crippen LogP contribution in [0.3, 0.4) is 0 Å². The average molecular weight is 665 g/mol. The Morgan fingerprint density at radius 3 is 2.55 bits per heavy atom. The Labute approximate surface area is 241 Å². The summed E-state index contributed by atoms with van der Waals surface area (Å²) in [6.07, 6.45) is 4.37. The van der Waals surface area contributed by atoms with E-state index in [1.165, 1.54) is 16.8 Å². The number of nitrogens with zero attached hydrogens (tertiary/aromatic N) is 6. The minimum Gasteiger partial charge on any atom is -0.366 e. The van der Waals surface area contributed by atoms with Crippen LogP contribution in [0.25, 0.3) is 5.65 Å². The maximum atomic E-state index is 15.0. The highest BCUT2D eigenvalue weighted by Crippen LogP contribution is 2.37. The van der Waals surface area contributed by atoms with E-state index >= 15 is 4.39 Å². The van der Waals surface area contributed by atoms with Crippen molar-refractivity contribution in [3.05, 3.63) is 83.2 Å². The molecule has 2 aliphatic heterocycles. The molecule has 2 aromatic heterocycles. The van der Waals surface area contributed by atoms with Crippen molar-refractivity contribution in [1.82, 2.24) is 17.7 Å². The standard InChI is InChI=1S/C27H24F4IN7O/c28-16-3-4-19(29)17(12-16)23-2-1-6-38(23)25-5-7-39-26(35-25)22(15-33-39)34-27(40)18-13-21(31)24(14-20(18)30)36-8-10-37(32)11-9-36/h3-5,7,12-15,23H,1-2,6,8-11H2,(H,34,40). The summed E-state index contributed by atoms with van der Waals surface area (Å²) >= 11 is 2.19. The van der Waals surface area contributed by atoms with Gasteiger partial charge < -0.3 is 15.1 Å². The van der Waals surface area contributed by atoms with E-state index in [4.69, 9.17) is 0 Å². The largest absolute Gasteiger partial charge is 0.366 e. The Kier molecular flexibility index (Phi) is 7.25. The Morgan fingerprint density at radius 1 is 0.950 bits per heavy atom. The lowest BCUT2D eigenvalue weighted by molar-refractivity contribution is 0.102. The van der Waals surface area contributed by atoms with Crippen LogP contribution in [-0.4, -0.2) is 56.3 Å². The monoisotopic (exact) mass is 665 g/mol. The van der Waals surface area contributed by atoms with E-state index in [2.05, 4.69) is 41.4 Å². The molecule has 208 valence electrons. The van der Waals surface area contributed by atoms with Crippen molar-refractivity contribution in [2.24, 2.45) is 0 Å². The Morgan fingerprint density at radius 2 is 1.75 bits per heavy atom. The number of carbonyl (C=O) groups excluding carboxylic acids is 1. The van der Waals surface area contributed by atoms with Crippen LogP contribution in [0.5, 0.6) is 0 Å². The molecule has 1 N–H and O–H groups in total. The van der Waals surface area contributed by atoms with E-state index < -0.39 is 40.8 Å². The number of rotatable bonds is 5. The van der Waals surface area contributed by atoms with Crippen LogP contribution in [0.4, 0.5) is 34.8 Å². The molecule has 1 atom stereocenters. The maximum Gasteiger partial charge on any atom is 0.258 e. The third-order valence-corrected chi connectivity index (χ3v) is 8.28. The first-order valence-electron chi connectivity index (χ1n) is 12.8. The van der Waals surface area contributed by atoms with E-state index in [0.29, 0.717) is 45.0 Å². The van der Waals surface area contributed by atoms with E-state index in [1.54, 1.807) is 17.2 Å². The van der Waals surface area contributed by atoms with Crippen molar-refractivity contribution >= 4 is 51.6 Å². The summed E-state index contributed by atoms with van der Waals surface area (Å²) in [5.74, 6) is -2.89. The van der Waals surface area contributed by atoms with Crippen LogP contribution in [0.2, 0.25) is 0 Å². The normalized spacial score (nSPS) is 18.1. The Bertz CT molecular complexity index is 1590. The SMILES string of the molecule is O=C(Nc1cnn2ccc(N3CCCC3c3cc(F)ccc3F)nc12)c1cc(F)c(N2CCN(I)CC2)cc1F. The number of benzene rings is 2. The van der Waals surface area contributed by atoms with Crippen molar-refractivity contribution in [3.8, 4) is 0 Å². The lowest BCUT2D eigenvalue weighted by atomic mass is 10.0. The zero-order chi connectivity index (χ0) is 28.0. The van der Waals surface area contributed by atoms with E-state index in [9.17, 15) is 18.0 Å². The molecule has 13 heteroatoms. The van der Waals surface area contributed by atoms with Crippen molar-refractivity contribution in [2.45, 2.75) is 18.9 Å². The molecule has 6 rings (SSSR count). The molecule has 1 unspecified atom stereocenters. The molecular weight excluding hydrogens is 641 g/mol. The molecule has 2 fully saturated rings. The number of anilines is 3. The van der Waals surface area contributed by atoms with Gasteiger partial charge in [0.1, 0.15) is 34.8 Å². The van der Waals surface area contributed by atoms with Gasteiger partial charge in [0.05, 0.1) is 23.5 Å². The fraction of sp³-hybridized carbons (Fsp3) is 0.296. The van der Waals surface area contributed by atoms with Gasteiger partial charge in [0, 0.05) is 73.4 Å². The number of carbonyl (C=O) groups is 1. The zero-order valence-electron chi connectivity index (χ0n) is 21.1. The fourth-order valence-corrected chi connectivity index (χ4v) is 5.74. The molecule has 40 heavy (non-hydrogen) atoms. The molecular formula is C27H24F4IN7O. The van der Waals surface area contributed by atoms with Gasteiger partial charge in [-0.25, -0.2) is 30.2 Å². The van der Waals surface area contributed by atoms with Crippen LogP contribution in [0.1, 0.15) is 34.8 Å². The molecule has 0 spiro atoms. The summed E-state index contributed by atoms with van der Waals surface area (Å²) in [4.78, 5) is 21.3. The van der Waals surface area contributed by atoms with Gasteiger partial charge in [-0.05, 0) is 43.2 Å². The van der Waals surface area contributed by atoms with Gasteiger partial charge in [-0.15, -0.1) is 0 Å². The lowest BCUT2D eigenvalue weighted by Gasteiger charge is -2.33. The molecule has 4 heterocycles. The molecule has 0 aliphatic carbocycles. The highest BCUT2D eigenvalue weighted by atomic mass is 127. The number of halogens is 5. The minimum atomic E-state index is -0.844. The highest BCUT2D eigenvalue weighted by Gasteiger charge is 2.30. The third-order valence-electron chi connectivity index (χ3n) is 7.31. The third kappa shape index (κ3) is 5.07. The van der Waals surface area contributed by atoms with Crippen molar-refractivity contribution in [2.75, 3.05) is 47.8 Å².